The summed E-state index contributed by atoms with van der Waals surface area (Å²) in [5.41, 5.74) is 5.56. The minimum Gasteiger partial charge on any atom is -0.497 e. The molecule has 3 rings (SSSR count). The number of nitrogens with zero attached hydrogens (tertiary/aromatic N) is 1. The first-order chi connectivity index (χ1) is 16.9. The van der Waals surface area contributed by atoms with Gasteiger partial charge < -0.3 is 15.0 Å². The SMILES string of the molecule is CNC(=O)[C@@H](Cc1ccccc1)N(Cc1cccc(OC)c1)C(=O)CSCc1cc(C)cc(C)c1. The van der Waals surface area contributed by atoms with Gasteiger partial charge in [-0.3, -0.25) is 9.59 Å². The fourth-order valence-corrected chi connectivity index (χ4v) is 5.02. The lowest BCUT2D eigenvalue weighted by Gasteiger charge is -2.31. The zero-order valence-corrected chi connectivity index (χ0v) is 21.7. The van der Waals surface area contributed by atoms with E-state index in [-0.39, 0.29) is 11.8 Å². The van der Waals surface area contributed by atoms with Crippen molar-refractivity contribution < 1.29 is 14.3 Å². The number of carbonyl (C=O) groups is 2. The van der Waals surface area contributed by atoms with Gasteiger partial charge in [0.1, 0.15) is 11.8 Å². The van der Waals surface area contributed by atoms with Crippen molar-refractivity contribution in [3.8, 4) is 5.75 Å². The molecule has 0 aliphatic rings. The van der Waals surface area contributed by atoms with E-state index < -0.39 is 6.04 Å². The number of carbonyl (C=O) groups excluding carboxylic acids is 2. The molecule has 3 aromatic carbocycles. The largest absolute Gasteiger partial charge is 0.497 e. The van der Waals surface area contributed by atoms with Crippen molar-refractivity contribution in [1.29, 1.82) is 0 Å². The Hall–Kier alpha value is -3.25. The Morgan fingerprint density at radius 3 is 2.26 bits per heavy atom. The zero-order chi connectivity index (χ0) is 25.2. The van der Waals surface area contributed by atoms with E-state index in [2.05, 4.69) is 37.4 Å². The van der Waals surface area contributed by atoms with Crippen LogP contribution in [0.1, 0.15) is 27.8 Å². The normalized spacial score (nSPS) is 11.5. The molecule has 0 unspecified atom stereocenters. The van der Waals surface area contributed by atoms with E-state index in [0.717, 1.165) is 22.6 Å². The first-order valence-electron chi connectivity index (χ1n) is 11.7. The number of methoxy groups -OCH3 is 1. The molecule has 0 saturated heterocycles. The second-order valence-corrected chi connectivity index (χ2v) is 9.67. The molecule has 0 aliphatic carbocycles. The van der Waals surface area contributed by atoms with Gasteiger partial charge in [-0.05, 0) is 42.7 Å². The summed E-state index contributed by atoms with van der Waals surface area (Å²) >= 11 is 1.57. The van der Waals surface area contributed by atoms with Crippen LogP contribution < -0.4 is 10.1 Å². The molecule has 5 nitrogen and oxygen atoms in total. The van der Waals surface area contributed by atoms with Crippen LogP contribution in [0.25, 0.3) is 0 Å². The Morgan fingerprint density at radius 1 is 0.914 bits per heavy atom. The smallest absolute Gasteiger partial charge is 0.242 e. The number of hydrogen-bond donors (Lipinski definition) is 1. The van der Waals surface area contributed by atoms with Crippen molar-refractivity contribution in [1.82, 2.24) is 10.2 Å². The van der Waals surface area contributed by atoms with Crippen molar-refractivity contribution in [2.24, 2.45) is 0 Å². The van der Waals surface area contributed by atoms with Gasteiger partial charge in [0, 0.05) is 25.8 Å². The molecular formula is C29H34N2O3S. The summed E-state index contributed by atoms with van der Waals surface area (Å²) in [4.78, 5) is 28.3. The van der Waals surface area contributed by atoms with E-state index in [1.165, 1.54) is 16.7 Å². The van der Waals surface area contributed by atoms with Crippen molar-refractivity contribution in [2.75, 3.05) is 19.9 Å². The van der Waals surface area contributed by atoms with Crippen LogP contribution in [0.4, 0.5) is 0 Å². The number of benzene rings is 3. The van der Waals surface area contributed by atoms with Gasteiger partial charge in [-0.1, -0.05) is 71.8 Å². The predicted molar refractivity (Wildman–Crippen MR) is 144 cm³/mol. The number of rotatable bonds is 11. The summed E-state index contributed by atoms with van der Waals surface area (Å²) < 4.78 is 5.37. The molecule has 2 amide bonds. The van der Waals surface area contributed by atoms with Crippen molar-refractivity contribution in [3.63, 3.8) is 0 Å². The summed E-state index contributed by atoms with van der Waals surface area (Å²) in [6.45, 7) is 4.49. The van der Waals surface area contributed by atoms with E-state index in [4.69, 9.17) is 4.74 Å². The highest BCUT2D eigenvalue weighted by atomic mass is 32.2. The molecule has 0 spiro atoms. The van der Waals surface area contributed by atoms with Gasteiger partial charge >= 0.3 is 0 Å². The topological polar surface area (TPSA) is 58.6 Å². The minimum atomic E-state index is -0.622. The molecule has 0 aromatic heterocycles. The average Bonchev–Trinajstić information content (AvgIpc) is 2.85. The Labute approximate surface area is 212 Å². The maximum absolute atomic E-state index is 13.6. The molecule has 0 saturated carbocycles. The molecule has 35 heavy (non-hydrogen) atoms. The van der Waals surface area contributed by atoms with Crippen LogP contribution >= 0.6 is 11.8 Å². The molecule has 1 N–H and O–H groups in total. The predicted octanol–water partition coefficient (Wildman–Crippen LogP) is 4.93. The fraction of sp³-hybridized carbons (Fsp3) is 0.310. The number of ether oxygens (including phenoxy) is 1. The number of amides is 2. The van der Waals surface area contributed by atoms with Gasteiger partial charge in [0.25, 0.3) is 0 Å². The van der Waals surface area contributed by atoms with Crippen molar-refractivity contribution >= 4 is 23.6 Å². The van der Waals surface area contributed by atoms with Crippen LogP contribution in [-0.2, 0) is 28.3 Å². The summed E-state index contributed by atoms with van der Waals surface area (Å²) in [5.74, 6) is 1.51. The van der Waals surface area contributed by atoms with E-state index in [1.807, 2.05) is 54.6 Å². The Balaban J connectivity index is 1.82. The standard InChI is InChI=1S/C29H34N2O3S/c1-21-13-22(2)15-25(14-21)19-35-20-28(32)31(18-24-11-8-12-26(16-24)34-4)27(29(33)30-3)17-23-9-6-5-7-10-23/h5-16,27H,17-20H2,1-4H3,(H,30,33)/t27-/m1/s1. The number of thioether (sulfide) groups is 1. The third-order valence-electron chi connectivity index (χ3n) is 5.78. The van der Waals surface area contributed by atoms with E-state index in [0.29, 0.717) is 18.7 Å². The first-order valence-corrected chi connectivity index (χ1v) is 12.9. The molecule has 0 heterocycles. The second kappa shape index (κ2) is 13.0. The third-order valence-corrected chi connectivity index (χ3v) is 6.77. The molecule has 0 radical (unpaired) electrons. The highest BCUT2D eigenvalue weighted by molar-refractivity contribution is 7.99. The molecular weight excluding hydrogens is 456 g/mol. The fourth-order valence-electron chi connectivity index (χ4n) is 4.18. The van der Waals surface area contributed by atoms with Gasteiger partial charge in [-0.2, -0.15) is 0 Å². The summed E-state index contributed by atoms with van der Waals surface area (Å²) in [5, 5.41) is 2.76. The molecule has 3 aromatic rings. The lowest BCUT2D eigenvalue weighted by atomic mass is 10.0. The molecule has 6 heteroatoms. The van der Waals surface area contributed by atoms with Crippen LogP contribution in [0.5, 0.6) is 5.75 Å². The second-order valence-electron chi connectivity index (χ2n) is 8.68. The lowest BCUT2D eigenvalue weighted by Crippen LogP contribution is -2.50. The highest BCUT2D eigenvalue weighted by Gasteiger charge is 2.29. The maximum Gasteiger partial charge on any atom is 0.242 e. The summed E-state index contributed by atoms with van der Waals surface area (Å²) in [7, 11) is 3.23. The number of likely N-dealkylation sites (N-methyl/N-ethyl adjacent to an activating group) is 1. The lowest BCUT2D eigenvalue weighted by molar-refractivity contribution is -0.139. The minimum absolute atomic E-state index is 0.0632. The van der Waals surface area contributed by atoms with Crippen LogP contribution in [-0.4, -0.2) is 42.7 Å². The van der Waals surface area contributed by atoms with Crippen molar-refractivity contribution in [3.05, 3.63) is 101 Å². The van der Waals surface area contributed by atoms with Gasteiger partial charge in [0.05, 0.1) is 12.9 Å². The Bertz CT molecular complexity index is 1110. The average molecular weight is 491 g/mol. The summed E-state index contributed by atoms with van der Waals surface area (Å²) in [6.07, 6.45) is 0.442. The number of nitrogens with one attached hydrogen (secondary N) is 1. The van der Waals surface area contributed by atoms with Crippen molar-refractivity contribution in [2.45, 2.75) is 38.6 Å². The maximum atomic E-state index is 13.6. The van der Waals surface area contributed by atoms with E-state index in [1.54, 1.807) is 30.8 Å². The monoisotopic (exact) mass is 490 g/mol. The van der Waals surface area contributed by atoms with Crippen LogP contribution in [0.3, 0.4) is 0 Å². The molecule has 184 valence electrons. The quantitative estimate of drug-likeness (QED) is 0.414. The molecule has 1 atom stereocenters. The molecule has 0 fully saturated rings. The molecule has 0 aliphatic heterocycles. The summed E-state index contributed by atoms with van der Waals surface area (Å²) in [6, 6.07) is 23.3. The van der Waals surface area contributed by atoms with Gasteiger partial charge in [0.15, 0.2) is 0 Å². The van der Waals surface area contributed by atoms with E-state index in [9.17, 15) is 9.59 Å². The highest BCUT2D eigenvalue weighted by Crippen LogP contribution is 2.21. The Morgan fingerprint density at radius 2 is 1.60 bits per heavy atom. The Kier molecular flexibility index (Phi) is 9.79. The number of aryl methyl sites for hydroxylation is 2. The van der Waals surface area contributed by atoms with E-state index >= 15 is 0 Å². The zero-order valence-electron chi connectivity index (χ0n) is 20.9. The van der Waals surface area contributed by atoms with Gasteiger partial charge in [-0.15, -0.1) is 11.8 Å². The van der Waals surface area contributed by atoms with Crippen LogP contribution in [0, 0.1) is 13.8 Å². The van der Waals surface area contributed by atoms with Crippen LogP contribution in [0.2, 0.25) is 0 Å². The first kappa shape index (κ1) is 26.4. The third kappa shape index (κ3) is 7.89. The number of hydrogen-bond acceptors (Lipinski definition) is 4. The van der Waals surface area contributed by atoms with Crippen LogP contribution in [0.15, 0.2) is 72.8 Å². The van der Waals surface area contributed by atoms with Gasteiger partial charge in [0.2, 0.25) is 11.8 Å². The van der Waals surface area contributed by atoms with Gasteiger partial charge in [-0.25, -0.2) is 0 Å². The molecule has 0 bridgehead atoms.